The van der Waals surface area contributed by atoms with Crippen LogP contribution in [0.3, 0.4) is 0 Å². The summed E-state index contributed by atoms with van der Waals surface area (Å²) in [5.41, 5.74) is 2.07. The van der Waals surface area contributed by atoms with Crippen molar-refractivity contribution in [3.05, 3.63) is 59.0 Å². The van der Waals surface area contributed by atoms with Gasteiger partial charge in [0.2, 0.25) is 0 Å². The van der Waals surface area contributed by atoms with Crippen LogP contribution in [0, 0.1) is 24.1 Å². The van der Waals surface area contributed by atoms with Crippen molar-refractivity contribution < 1.29 is 19.4 Å². The number of aromatic hydroxyl groups is 1. The third-order valence-electron chi connectivity index (χ3n) is 3.69. The molecule has 2 heterocycles. The minimum Gasteiger partial charge on any atom is -0.507 e. The Morgan fingerprint density at radius 1 is 1.30 bits per heavy atom. The standard InChI is InChI=1S/C17H11FN2O3/c1-9-4-14-11(7-19)5-15(20(14)8-13(9)18)10-2-3-12(17(22)23)16(21)6-10/h2-6,8,21H,1H3,(H,22,23). The van der Waals surface area contributed by atoms with E-state index in [1.165, 1.54) is 28.8 Å². The van der Waals surface area contributed by atoms with Crippen LogP contribution in [-0.4, -0.2) is 20.6 Å². The van der Waals surface area contributed by atoms with Crippen molar-refractivity contribution >= 4 is 11.5 Å². The molecule has 3 aromatic rings. The fourth-order valence-corrected chi connectivity index (χ4v) is 2.50. The van der Waals surface area contributed by atoms with Crippen LogP contribution in [0.5, 0.6) is 5.75 Å². The molecule has 5 nitrogen and oxygen atoms in total. The van der Waals surface area contributed by atoms with Gasteiger partial charge in [0.1, 0.15) is 23.2 Å². The van der Waals surface area contributed by atoms with Crippen molar-refractivity contribution in [2.75, 3.05) is 0 Å². The van der Waals surface area contributed by atoms with Gasteiger partial charge in [0.25, 0.3) is 0 Å². The minimum absolute atomic E-state index is 0.225. The fourth-order valence-electron chi connectivity index (χ4n) is 2.50. The van der Waals surface area contributed by atoms with Gasteiger partial charge in [0.15, 0.2) is 0 Å². The number of rotatable bonds is 2. The van der Waals surface area contributed by atoms with Gasteiger partial charge < -0.3 is 14.6 Å². The topological polar surface area (TPSA) is 85.7 Å². The number of phenols is 1. The second kappa shape index (κ2) is 5.14. The summed E-state index contributed by atoms with van der Waals surface area (Å²) in [6.45, 7) is 1.61. The average molecular weight is 310 g/mol. The number of aryl methyl sites for hydroxylation is 1. The van der Waals surface area contributed by atoms with Crippen LogP contribution in [0.2, 0.25) is 0 Å². The van der Waals surface area contributed by atoms with Gasteiger partial charge in [0, 0.05) is 11.8 Å². The molecule has 0 spiro atoms. The number of halogens is 1. The number of nitrogens with zero attached hydrogens (tertiary/aromatic N) is 2. The third kappa shape index (κ3) is 2.28. The van der Waals surface area contributed by atoms with Gasteiger partial charge in [-0.3, -0.25) is 0 Å². The normalized spacial score (nSPS) is 10.7. The van der Waals surface area contributed by atoms with Crippen LogP contribution in [-0.2, 0) is 0 Å². The maximum atomic E-state index is 13.9. The second-order valence-corrected chi connectivity index (χ2v) is 5.15. The lowest BCUT2D eigenvalue weighted by atomic mass is 10.1. The monoisotopic (exact) mass is 310 g/mol. The van der Waals surface area contributed by atoms with E-state index >= 15 is 0 Å². The van der Waals surface area contributed by atoms with Crippen molar-refractivity contribution in [1.29, 1.82) is 5.26 Å². The van der Waals surface area contributed by atoms with E-state index in [1.807, 2.05) is 0 Å². The lowest BCUT2D eigenvalue weighted by Gasteiger charge is -2.07. The van der Waals surface area contributed by atoms with E-state index in [2.05, 4.69) is 6.07 Å². The highest BCUT2D eigenvalue weighted by atomic mass is 19.1. The first kappa shape index (κ1) is 14.6. The number of aromatic nitrogens is 1. The molecular formula is C17H11FN2O3. The first-order valence-electron chi connectivity index (χ1n) is 6.70. The van der Waals surface area contributed by atoms with Crippen LogP contribution in [0.1, 0.15) is 21.5 Å². The van der Waals surface area contributed by atoms with E-state index in [0.29, 0.717) is 27.9 Å². The van der Waals surface area contributed by atoms with Gasteiger partial charge in [-0.2, -0.15) is 5.26 Å². The Balaban J connectivity index is 2.29. The molecule has 0 amide bonds. The summed E-state index contributed by atoms with van der Waals surface area (Å²) in [6, 6.07) is 9.25. The molecule has 2 N–H and O–H groups in total. The summed E-state index contributed by atoms with van der Waals surface area (Å²) in [5.74, 6) is -2.06. The van der Waals surface area contributed by atoms with E-state index in [1.54, 1.807) is 19.1 Å². The average Bonchev–Trinajstić information content (AvgIpc) is 2.85. The molecular weight excluding hydrogens is 299 g/mol. The van der Waals surface area contributed by atoms with Crippen molar-refractivity contribution in [2.45, 2.75) is 6.92 Å². The number of benzene rings is 1. The molecule has 0 fully saturated rings. The zero-order valence-corrected chi connectivity index (χ0v) is 12.0. The highest BCUT2D eigenvalue weighted by Gasteiger charge is 2.15. The van der Waals surface area contributed by atoms with Crippen molar-refractivity contribution in [3.63, 3.8) is 0 Å². The highest BCUT2D eigenvalue weighted by molar-refractivity contribution is 5.91. The number of hydrogen-bond acceptors (Lipinski definition) is 3. The third-order valence-corrected chi connectivity index (χ3v) is 3.69. The van der Waals surface area contributed by atoms with Gasteiger partial charge in [-0.25, -0.2) is 9.18 Å². The van der Waals surface area contributed by atoms with E-state index in [-0.39, 0.29) is 5.56 Å². The Morgan fingerprint density at radius 3 is 2.65 bits per heavy atom. The smallest absolute Gasteiger partial charge is 0.339 e. The Kier molecular flexibility index (Phi) is 3.26. The summed E-state index contributed by atoms with van der Waals surface area (Å²) >= 11 is 0. The van der Waals surface area contributed by atoms with Crippen LogP contribution >= 0.6 is 0 Å². The number of aromatic carboxylic acids is 1. The highest BCUT2D eigenvalue weighted by Crippen LogP contribution is 2.31. The van der Waals surface area contributed by atoms with E-state index in [0.717, 1.165) is 0 Å². The number of carboxylic acids is 1. The van der Waals surface area contributed by atoms with Crippen molar-refractivity contribution in [3.8, 4) is 23.1 Å². The van der Waals surface area contributed by atoms with Crippen molar-refractivity contribution in [1.82, 2.24) is 4.40 Å². The van der Waals surface area contributed by atoms with Crippen LogP contribution in [0.15, 0.2) is 36.5 Å². The van der Waals surface area contributed by atoms with E-state index < -0.39 is 17.5 Å². The molecule has 2 aromatic heterocycles. The molecule has 0 bridgehead atoms. The Hall–Kier alpha value is -3.33. The summed E-state index contributed by atoms with van der Waals surface area (Å²) in [6.07, 6.45) is 1.27. The zero-order valence-electron chi connectivity index (χ0n) is 12.0. The number of nitriles is 1. The molecule has 1 aromatic carbocycles. The molecule has 0 radical (unpaired) electrons. The van der Waals surface area contributed by atoms with Gasteiger partial charge in [-0.1, -0.05) is 6.07 Å². The summed E-state index contributed by atoms with van der Waals surface area (Å²) in [7, 11) is 0. The number of carboxylic acid groups (broad SMARTS) is 1. The van der Waals surface area contributed by atoms with Crippen LogP contribution in [0.4, 0.5) is 4.39 Å². The van der Waals surface area contributed by atoms with Gasteiger partial charge in [-0.05, 0) is 36.8 Å². The molecule has 0 atom stereocenters. The first-order valence-corrected chi connectivity index (χ1v) is 6.70. The predicted molar refractivity (Wildman–Crippen MR) is 80.9 cm³/mol. The Morgan fingerprint density at radius 2 is 2.04 bits per heavy atom. The molecule has 6 heteroatoms. The molecule has 0 aliphatic rings. The minimum atomic E-state index is -1.24. The quantitative estimate of drug-likeness (QED) is 0.760. The van der Waals surface area contributed by atoms with E-state index in [9.17, 15) is 19.6 Å². The van der Waals surface area contributed by atoms with Crippen LogP contribution in [0.25, 0.3) is 16.8 Å². The summed E-state index contributed by atoms with van der Waals surface area (Å²) in [5, 5.41) is 28.0. The largest absolute Gasteiger partial charge is 0.507 e. The number of hydrogen-bond donors (Lipinski definition) is 2. The fraction of sp³-hybridized carbons (Fsp3) is 0.0588. The number of carbonyl (C=O) groups is 1. The van der Waals surface area contributed by atoms with Gasteiger partial charge in [0.05, 0.1) is 16.8 Å². The summed E-state index contributed by atoms with van der Waals surface area (Å²) < 4.78 is 15.4. The molecule has 23 heavy (non-hydrogen) atoms. The van der Waals surface area contributed by atoms with Gasteiger partial charge in [-0.15, -0.1) is 0 Å². The van der Waals surface area contributed by atoms with Crippen molar-refractivity contribution in [2.24, 2.45) is 0 Å². The van der Waals surface area contributed by atoms with Crippen LogP contribution < -0.4 is 0 Å². The molecule has 0 saturated carbocycles. The second-order valence-electron chi connectivity index (χ2n) is 5.15. The Labute approximate surface area is 130 Å². The molecule has 0 aliphatic carbocycles. The lowest BCUT2D eigenvalue weighted by Crippen LogP contribution is -1.97. The lowest BCUT2D eigenvalue weighted by molar-refractivity contribution is 0.0694. The maximum absolute atomic E-state index is 13.9. The Bertz CT molecular complexity index is 999. The molecule has 3 rings (SSSR count). The van der Waals surface area contributed by atoms with E-state index in [4.69, 9.17) is 5.11 Å². The van der Waals surface area contributed by atoms with Gasteiger partial charge >= 0.3 is 5.97 Å². The summed E-state index contributed by atoms with van der Waals surface area (Å²) in [4.78, 5) is 11.0. The number of pyridine rings is 1. The predicted octanol–water partition coefficient (Wildman–Crippen LogP) is 3.33. The molecule has 0 saturated heterocycles. The maximum Gasteiger partial charge on any atom is 0.339 e. The SMILES string of the molecule is Cc1cc2c(C#N)cc(-c3ccc(C(=O)O)c(O)c3)n2cc1F. The first-order chi connectivity index (χ1) is 10.9. The zero-order chi connectivity index (χ0) is 16.7. The molecule has 0 aliphatic heterocycles. The number of fused-ring (bicyclic) bond motifs is 1. The molecule has 0 unspecified atom stereocenters. The molecule has 114 valence electrons.